The molecule has 0 atom stereocenters. The van der Waals surface area contributed by atoms with Crippen LogP contribution in [-0.4, -0.2) is 35.3 Å². The molecule has 3 aromatic rings. The van der Waals surface area contributed by atoms with Crippen LogP contribution in [0.1, 0.15) is 28.7 Å². The lowest BCUT2D eigenvalue weighted by atomic mass is 10.1. The van der Waals surface area contributed by atoms with Crippen molar-refractivity contribution >= 4 is 11.7 Å². The molecule has 30 heavy (non-hydrogen) atoms. The number of rotatable bonds is 8. The molecule has 3 rings (SSSR count). The van der Waals surface area contributed by atoms with Crippen molar-refractivity contribution in [1.82, 2.24) is 10.1 Å². The minimum Gasteiger partial charge on any atom is -0.493 e. The number of carbonyl (C=O) groups excluding carboxylic acids is 1. The molecule has 156 valence electrons. The molecule has 1 aromatic heterocycles. The molecular weight excluding hydrogens is 394 g/mol. The standard InChI is InChI=1S/C20H19N3O7/c1-4-12-5-7-13(8-6-12)19-21-18(30-22-19)11-29-20(24)14-9-16(27-2)17(28-3)10-15(14)23(25)26/h5-10H,4,11H2,1-3H3. The van der Waals surface area contributed by atoms with E-state index < -0.39 is 16.6 Å². The van der Waals surface area contributed by atoms with Crippen LogP contribution < -0.4 is 9.47 Å². The average molecular weight is 413 g/mol. The van der Waals surface area contributed by atoms with E-state index in [9.17, 15) is 14.9 Å². The van der Waals surface area contributed by atoms with Gasteiger partial charge in [-0.1, -0.05) is 36.3 Å². The summed E-state index contributed by atoms with van der Waals surface area (Å²) in [6.45, 7) is 1.71. The van der Waals surface area contributed by atoms with Gasteiger partial charge in [0.2, 0.25) is 5.82 Å². The largest absolute Gasteiger partial charge is 0.493 e. The zero-order valence-electron chi connectivity index (χ0n) is 16.6. The van der Waals surface area contributed by atoms with Crippen molar-refractivity contribution in [2.24, 2.45) is 0 Å². The third-order valence-corrected chi connectivity index (χ3v) is 4.33. The van der Waals surface area contributed by atoms with Crippen molar-refractivity contribution in [3.05, 3.63) is 63.5 Å². The zero-order valence-corrected chi connectivity index (χ0v) is 16.6. The van der Waals surface area contributed by atoms with Crippen LogP contribution in [0.25, 0.3) is 11.4 Å². The second-order valence-corrected chi connectivity index (χ2v) is 6.12. The quantitative estimate of drug-likeness (QED) is 0.309. The van der Waals surface area contributed by atoms with Gasteiger partial charge in [-0.15, -0.1) is 0 Å². The summed E-state index contributed by atoms with van der Waals surface area (Å²) in [5, 5.41) is 15.2. The van der Waals surface area contributed by atoms with Crippen molar-refractivity contribution < 1.29 is 28.5 Å². The molecule has 0 saturated heterocycles. The molecule has 0 bridgehead atoms. The van der Waals surface area contributed by atoms with Crippen LogP contribution >= 0.6 is 0 Å². The maximum atomic E-state index is 12.4. The predicted octanol–water partition coefficient (Wildman–Crippen LogP) is 3.58. The summed E-state index contributed by atoms with van der Waals surface area (Å²) in [4.78, 5) is 27.3. The van der Waals surface area contributed by atoms with E-state index in [4.69, 9.17) is 18.7 Å². The Morgan fingerprint density at radius 3 is 2.40 bits per heavy atom. The minimum atomic E-state index is -0.935. The molecule has 0 aliphatic carbocycles. The van der Waals surface area contributed by atoms with Gasteiger partial charge in [0.25, 0.3) is 11.6 Å². The van der Waals surface area contributed by atoms with Crippen molar-refractivity contribution in [2.45, 2.75) is 20.0 Å². The maximum absolute atomic E-state index is 12.4. The van der Waals surface area contributed by atoms with Gasteiger partial charge in [-0.25, -0.2) is 4.79 Å². The fourth-order valence-corrected chi connectivity index (χ4v) is 2.71. The Hall–Kier alpha value is -3.95. The van der Waals surface area contributed by atoms with E-state index in [0.717, 1.165) is 18.1 Å². The van der Waals surface area contributed by atoms with Gasteiger partial charge < -0.3 is 18.7 Å². The summed E-state index contributed by atoms with van der Waals surface area (Å²) in [5.41, 5.74) is 1.17. The Labute approximate surface area is 171 Å². The number of hydrogen-bond acceptors (Lipinski definition) is 9. The van der Waals surface area contributed by atoms with Gasteiger partial charge in [-0.05, 0) is 12.0 Å². The average Bonchev–Trinajstić information content (AvgIpc) is 3.25. The van der Waals surface area contributed by atoms with Crippen molar-refractivity contribution in [3.8, 4) is 22.9 Å². The number of esters is 1. The zero-order chi connectivity index (χ0) is 21.7. The molecule has 0 aliphatic rings. The number of nitro benzene ring substituents is 1. The Kier molecular flexibility index (Phi) is 6.26. The van der Waals surface area contributed by atoms with E-state index in [-0.39, 0.29) is 29.6 Å². The summed E-state index contributed by atoms with van der Waals surface area (Å²) in [6.07, 6.45) is 0.913. The number of nitrogens with zero attached hydrogens (tertiary/aromatic N) is 3. The van der Waals surface area contributed by atoms with Crippen LogP contribution in [0.15, 0.2) is 40.9 Å². The Balaban J connectivity index is 1.76. The van der Waals surface area contributed by atoms with Gasteiger partial charge in [-0.3, -0.25) is 10.1 Å². The second kappa shape index (κ2) is 9.03. The fraction of sp³-hybridized carbons (Fsp3) is 0.250. The molecule has 2 aromatic carbocycles. The molecule has 0 fully saturated rings. The van der Waals surface area contributed by atoms with E-state index in [1.165, 1.54) is 25.8 Å². The maximum Gasteiger partial charge on any atom is 0.345 e. The summed E-state index contributed by atoms with van der Waals surface area (Å²) in [7, 11) is 2.69. The summed E-state index contributed by atoms with van der Waals surface area (Å²) < 4.78 is 20.4. The Morgan fingerprint density at radius 1 is 1.13 bits per heavy atom. The molecule has 0 radical (unpaired) electrons. The van der Waals surface area contributed by atoms with Gasteiger partial charge in [-0.2, -0.15) is 4.98 Å². The summed E-state index contributed by atoms with van der Waals surface area (Å²) >= 11 is 0. The Bertz CT molecular complexity index is 1060. The van der Waals surface area contributed by atoms with E-state index in [1.807, 2.05) is 24.3 Å². The number of nitro groups is 1. The molecule has 10 heteroatoms. The highest BCUT2D eigenvalue weighted by Crippen LogP contribution is 2.35. The molecule has 0 saturated carbocycles. The van der Waals surface area contributed by atoms with Gasteiger partial charge in [0.1, 0.15) is 5.56 Å². The molecule has 0 spiro atoms. The summed E-state index contributed by atoms with van der Waals surface area (Å²) in [5.74, 6) is -0.251. The molecule has 0 amide bonds. The van der Waals surface area contributed by atoms with E-state index in [2.05, 4.69) is 17.1 Å². The first-order valence-corrected chi connectivity index (χ1v) is 8.96. The topological polar surface area (TPSA) is 127 Å². The smallest absolute Gasteiger partial charge is 0.345 e. The number of aromatic nitrogens is 2. The minimum absolute atomic E-state index is 0.0565. The van der Waals surface area contributed by atoms with Gasteiger partial charge in [0.15, 0.2) is 18.1 Å². The molecular formula is C20H19N3O7. The van der Waals surface area contributed by atoms with E-state index in [1.54, 1.807) is 0 Å². The normalized spacial score (nSPS) is 10.5. The molecule has 1 heterocycles. The number of methoxy groups -OCH3 is 2. The Morgan fingerprint density at radius 2 is 1.80 bits per heavy atom. The lowest BCUT2D eigenvalue weighted by molar-refractivity contribution is -0.385. The van der Waals surface area contributed by atoms with Crippen molar-refractivity contribution in [1.29, 1.82) is 0 Å². The molecule has 0 N–H and O–H groups in total. The monoisotopic (exact) mass is 413 g/mol. The highest BCUT2D eigenvalue weighted by Gasteiger charge is 2.26. The van der Waals surface area contributed by atoms with Crippen LogP contribution in [-0.2, 0) is 17.8 Å². The van der Waals surface area contributed by atoms with Gasteiger partial charge in [0, 0.05) is 11.6 Å². The van der Waals surface area contributed by atoms with Crippen LogP contribution in [0, 0.1) is 10.1 Å². The highest BCUT2D eigenvalue weighted by molar-refractivity contribution is 5.95. The van der Waals surface area contributed by atoms with E-state index >= 15 is 0 Å². The first kappa shape index (κ1) is 20.8. The van der Waals surface area contributed by atoms with Crippen molar-refractivity contribution in [3.63, 3.8) is 0 Å². The number of benzene rings is 2. The van der Waals surface area contributed by atoms with Crippen molar-refractivity contribution in [2.75, 3.05) is 14.2 Å². The number of aryl methyl sites for hydroxylation is 1. The summed E-state index contributed by atoms with van der Waals surface area (Å²) in [6, 6.07) is 9.94. The third-order valence-electron chi connectivity index (χ3n) is 4.33. The number of ether oxygens (including phenoxy) is 3. The van der Waals surface area contributed by atoms with Gasteiger partial charge >= 0.3 is 5.97 Å². The predicted molar refractivity (Wildman–Crippen MR) is 104 cm³/mol. The van der Waals surface area contributed by atoms with Crippen LogP contribution in [0.2, 0.25) is 0 Å². The highest BCUT2D eigenvalue weighted by atomic mass is 16.6. The first-order chi connectivity index (χ1) is 14.5. The SMILES string of the molecule is CCc1ccc(-c2noc(COC(=O)c3cc(OC)c(OC)cc3[N+](=O)[O-])n2)cc1. The molecule has 10 nitrogen and oxygen atoms in total. The van der Waals surface area contributed by atoms with E-state index in [0.29, 0.717) is 5.82 Å². The lowest BCUT2D eigenvalue weighted by Crippen LogP contribution is -2.09. The second-order valence-electron chi connectivity index (χ2n) is 6.12. The molecule has 0 aliphatic heterocycles. The van der Waals surface area contributed by atoms with Crippen LogP contribution in [0.3, 0.4) is 0 Å². The third kappa shape index (κ3) is 4.37. The number of carbonyl (C=O) groups is 1. The molecule has 0 unspecified atom stereocenters. The lowest BCUT2D eigenvalue weighted by Gasteiger charge is -2.10. The van der Waals surface area contributed by atoms with Crippen LogP contribution in [0.5, 0.6) is 11.5 Å². The first-order valence-electron chi connectivity index (χ1n) is 8.96. The number of hydrogen-bond donors (Lipinski definition) is 0. The van der Waals surface area contributed by atoms with Crippen LogP contribution in [0.4, 0.5) is 5.69 Å². The fourth-order valence-electron chi connectivity index (χ4n) is 2.71. The van der Waals surface area contributed by atoms with Gasteiger partial charge in [0.05, 0.1) is 25.2 Å².